The van der Waals surface area contributed by atoms with Crippen molar-refractivity contribution in [1.82, 2.24) is 10.3 Å². The van der Waals surface area contributed by atoms with Gasteiger partial charge >= 0.3 is 13.1 Å². The molecule has 0 fully saturated rings. The Morgan fingerprint density at radius 2 is 1.91 bits per heavy atom. The number of aromatic nitrogens is 1. The fraction of sp³-hybridized carbons (Fsp3) is 0.143. The summed E-state index contributed by atoms with van der Waals surface area (Å²) in [6.07, 6.45) is 0.288. The van der Waals surface area contributed by atoms with Gasteiger partial charge < -0.3 is 21.1 Å². The van der Waals surface area contributed by atoms with Gasteiger partial charge in [-0.25, -0.2) is 9.78 Å². The fourth-order valence-corrected chi connectivity index (χ4v) is 1.94. The van der Waals surface area contributed by atoms with Crippen LogP contribution in [0.15, 0.2) is 48.5 Å². The number of benzene rings is 1. The molecule has 114 valence electrons. The lowest BCUT2D eigenvalue weighted by Crippen LogP contribution is -2.49. The number of carbonyl (C=O) groups excluding carboxylic acids is 1. The largest absolute Gasteiger partial charge is 0.475 e. The fourth-order valence-electron chi connectivity index (χ4n) is 1.94. The molecule has 8 heteroatoms. The number of pyridine rings is 1. The average Bonchev–Trinajstić information content (AvgIpc) is 2.47. The molecular weight excluding hydrogens is 283 g/mol. The summed E-state index contributed by atoms with van der Waals surface area (Å²) in [5.41, 5.74) is 6.40. The first-order valence-electron chi connectivity index (χ1n) is 6.74. The number of urea groups is 1. The third-order valence-corrected chi connectivity index (χ3v) is 2.99. The van der Waals surface area contributed by atoms with Gasteiger partial charge in [-0.05, 0) is 24.1 Å². The normalized spacial score (nSPS) is 11.5. The van der Waals surface area contributed by atoms with Crippen LogP contribution < -0.4 is 16.4 Å². The smallest absolute Gasteiger partial charge is 0.426 e. The molecule has 0 aliphatic rings. The predicted molar refractivity (Wildman–Crippen MR) is 84.9 cm³/mol. The number of anilines is 2. The summed E-state index contributed by atoms with van der Waals surface area (Å²) in [4.78, 5) is 15.8. The molecular formula is C14H17BN4O3. The van der Waals surface area contributed by atoms with Gasteiger partial charge in [0, 0.05) is 0 Å². The lowest BCUT2D eigenvalue weighted by Gasteiger charge is -2.18. The highest BCUT2D eigenvalue weighted by molar-refractivity contribution is 6.43. The first-order chi connectivity index (χ1) is 10.5. The van der Waals surface area contributed by atoms with Crippen molar-refractivity contribution in [3.05, 3.63) is 54.1 Å². The van der Waals surface area contributed by atoms with Crippen molar-refractivity contribution in [3.8, 4) is 0 Å². The summed E-state index contributed by atoms with van der Waals surface area (Å²) >= 11 is 0. The topological polar surface area (TPSA) is 120 Å². The molecule has 1 atom stereocenters. The minimum atomic E-state index is -1.68. The molecule has 1 heterocycles. The minimum Gasteiger partial charge on any atom is -0.426 e. The molecule has 0 aliphatic heterocycles. The lowest BCUT2D eigenvalue weighted by molar-refractivity contribution is 0.248. The number of nitrogen functional groups attached to an aromatic ring is 1. The van der Waals surface area contributed by atoms with Crippen LogP contribution in [0.3, 0.4) is 0 Å². The Labute approximate surface area is 128 Å². The molecule has 7 nitrogen and oxygen atoms in total. The van der Waals surface area contributed by atoms with Crippen molar-refractivity contribution in [1.29, 1.82) is 0 Å². The van der Waals surface area contributed by atoms with Crippen molar-refractivity contribution in [2.75, 3.05) is 11.1 Å². The molecule has 1 aromatic carbocycles. The molecule has 0 saturated heterocycles. The van der Waals surface area contributed by atoms with Gasteiger partial charge in [0.05, 0.1) is 5.94 Å². The minimum absolute atomic E-state index is 0.279. The van der Waals surface area contributed by atoms with Crippen LogP contribution in [0.4, 0.5) is 16.4 Å². The Bertz CT molecular complexity index is 624. The summed E-state index contributed by atoms with van der Waals surface area (Å²) in [5, 5.41) is 23.8. The van der Waals surface area contributed by atoms with Crippen LogP contribution in [0.5, 0.6) is 0 Å². The Morgan fingerprint density at radius 3 is 2.55 bits per heavy atom. The number of nitrogens with two attached hydrogens (primary N) is 1. The maximum absolute atomic E-state index is 11.9. The van der Waals surface area contributed by atoms with E-state index in [1.807, 2.05) is 30.3 Å². The molecule has 0 spiro atoms. The summed E-state index contributed by atoms with van der Waals surface area (Å²) in [6, 6.07) is 13.5. The van der Waals surface area contributed by atoms with Crippen LogP contribution >= 0.6 is 0 Å². The van der Waals surface area contributed by atoms with Crippen LogP contribution in [-0.4, -0.2) is 34.1 Å². The summed E-state index contributed by atoms with van der Waals surface area (Å²) < 4.78 is 0. The van der Waals surface area contributed by atoms with E-state index in [2.05, 4.69) is 15.6 Å². The summed E-state index contributed by atoms with van der Waals surface area (Å²) in [6.45, 7) is 0. The molecule has 0 saturated carbocycles. The zero-order valence-electron chi connectivity index (χ0n) is 11.8. The van der Waals surface area contributed by atoms with Gasteiger partial charge in [-0.2, -0.15) is 0 Å². The number of nitrogens with one attached hydrogen (secondary N) is 2. The van der Waals surface area contributed by atoms with Crippen molar-refractivity contribution >= 4 is 24.8 Å². The van der Waals surface area contributed by atoms with E-state index >= 15 is 0 Å². The molecule has 2 rings (SSSR count). The van der Waals surface area contributed by atoms with Gasteiger partial charge in [-0.3, -0.25) is 5.32 Å². The van der Waals surface area contributed by atoms with E-state index in [-0.39, 0.29) is 18.1 Å². The average molecular weight is 300 g/mol. The molecule has 2 aromatic rings. The van der Waals surface area contributed by atoms with Crippen LogP contribution in [-0.2, 0) is 6.42 Å². The van der Waals surface area contributed by atoms with Crippen LogP contribution in [0.2, 0.25) is 0 Å². The first kappa shape index (κ1) is 15.8. The quantitative estimate of drug-likeness (QED) is 0.512. The van der Waals surface area contributed by atoms with Crippen molar-refractivity contribution in [3.63, 3.8) is 0 Å². The van der Waals surface area contributed by atoms with E-state index in [4.69, 9.17) is 5.73 Å². The number of carbonyl (C=O) groups is 1. The van der Waals surface area contributed by atoms with Crippen molar-refractivity contribution < 1.29 is 14.8 Å². The van der Waals surface area contributed by atoms with Crippen molar-refractivity contribution in [2.45, 2.75) is 12.4 Å². The highest BCUT2D eigenvalue weighted by Crippen LogP contribution is 2.07. The highest BCUT2D eigenvalue weighted by atomic mass is 16.4. The highest BCUT2D eigenvalue weighted by Gasteiger charge is 2.25. The predicted octanol–water partition coefficient (Wildman–Crippen LogP) is 0.409. The Morgan fingerprint density at radius 1 is 1.18 bits per heavy atom. The second-order valence-corrected chi connectivity index (χ2v) is 4.76. The SMILES string of the molecule is Nc1cccc(NC(=O)NC(Cc2ccccc2)B(O)O)n1. The first-order valence-corrected chi connectivity index (χ1v) is 6.74. The number of amides is 2. The third-order valence-electron chi connectivity index (χ3n) is 2.99. The Kier molecular flexibility index (Phi) is 5.34. The summed E-state index contributed by atoms with van der Waals surface area (Å²) in [7, 11) is -1.68. The van der Waals surface area contributed by atoms with Gasteiger partial charge in [0.15, 0.2) is 0 Å². The maximum Gasteiger partial charge on any atom is 0.475 e. The van der Waals surface area contributed by atoms with Crippen LogP contribution in [0.25, 0.3) is 0 Å². The zero-order valence-corrected chi connectivity index (χ0v) is 11.8. The molecule has 2 amide bonds. The number of hydrogen-bond acceptors (Lipinski definition) is 5. The molecule has 1 aromatic heterocycles. The molecule has 1 unspecified atom stereocenters. The Hall–Kier alpha value is -2.58. The van der Waals surface area contributed by atoms with Crippen molar-refractivity contribution in [2.24, 2.45) is 0 Å². The van der Waals surface area contributed by atoms with E-state index in [0.717, 1.165) is 5.56 Å². The van der Waals surface area contributed by atoms with E-state index in [9.17, 15) is 14.8 Å². The van der Waals surface area contributed by atoms with Crippen LogP contribution in [0.1, 0.15) is 5.56 Å². The second-order valence-electron chi connectivity index (χ2n) is 4.76. The summed E-state index contributed by atoms with van der Waals surface area (Å²) in [5.74, 6) is -0.285. The zero-order chi connectivity index (χ0) is 15.9. The molecule has 6 N–H and O–H groups in total. The Balaban J connectivity index is 1.97. The lowest BCUT2D eigenvalue weighted by atomic mass is 9.76. The van der Waals surface area contributed by atoms with E-state index in [1.165, 1.54) is 0 Å². The monoisotopic (exact) mass is 300 g/mol. The standard InChI is InChI=1S/C14H17BN4O3/c16-12-7-4-8-13(18-12)19-14(20)17-11(15(21)22)9-10-5-2-1-3-6-10/h1-8,11,21-22H,9H2,(H4,16,17,18,19,20). The number of hydrogen-bond donors (Lipinski definition) is 5. The van der Waals surface area contributed by atoms with Crippen LogP contribution in [0, 0.1) is 0 Å². The number of rotatable bonds is 5. The van der Waals surface area contributed by atoms with E-state index in [0.29, 0.717) is 0 Å². The van der Waals surface area contributed by atoms with Gasteiger partial charge in [-0.15, -0.1) is 0 Å². The number of nitrogens with zero attached hydrogens (tertiary/aromatic N) is 1. The molecule has 0 radical (unpaired) electrons. The van der Waals surface area contributed by atoms with E-state index < -0.39 is 19.1 Å². The maximum atomic E-state index is 11.9. The van der Waals surface area contributed by atoms with Gasteiger partial charge in [0.25, 0.3) is 0 Å². The molecule has 0 aliphatic carbocycles. The third kappa shape index (κ3) is 4.76. The van der Waals surface area contributed by atoms with Gasteiger partial charge in [0.2, 0.25) is 0 Å². The molecule has 22 heavy (non-hydrogen) atoms. The second kappa shape index (κ2) is 7.44. The van der Waals surface area contributed by atoms with Gasteiger partial charge in [0.1, 0.15) is 11.6 Å². The van der Waals surface area contributed by atoms with Gasteiger partial charge in [-0.1, -0.05) is 36.4 Å². The van der Waals surface area contributed by atoms with E-state index in [1.54, 1.807) is 18.2 Å². The molecule has 0 bridgehead atoms.